The van der Waals surface area contributed by atoms with Gasteiger partial charge in [0.25, 0.3) is 0 Å². The van der Waals surface area contributed by atoms with Gasteiger partial charge in [-0.25, -0.2) is 4.98 Å². The number of amides is 1. The molecule has 1 amide bonds. The van der Waals surface area contributed by atoms with Crippen molar-refractivity contribution in [1.29, 1.82) is 0 Å². The Morgan fingerprint density at radius 3 is 2.84 bits per heavy atom. The molecule has 1 unspecified atom stereocenters. The molecule has 1 aliphatic heterocycles. The normalized spacial score (nSPS) is 16.7. The van der Waals surface area contributed by atoms with Crippen molar-refractivity contribution in [2.24, 2.45) is 0 Å². The maximum atomic E-state index is 12.9. The zero-order valence-corrected chi connectivity index (χ0v) is 17.8. The van der Waals surface area contributed by atoms with Crippen LogP contribution in [-0.4, -0.2) is 43.4 Å². The monoisotopic (exact) mass is 413 g/mol. The van der Waals surface area contributed by atoms with E-state index in [9.17, 15) is 4.79 Å². The van der Waals surface area contributed by atoms with Gasteiger partial charge in [0.05, 0.1) is 6.33 Å². The van der Waals surface area contributed by atoms with Crippen molar-refractivity contribution in [3.63, 3.8) is 0 Å². The van der Waals surface area contributed by atoms with Gasteiger partial charge in [0.2, 0.25) is 5.91 Å². The van der Waals surface area contributed by atoms with E-state index < -0.39 is 0 Å². The molecule has 0 radical (unpaired) electrons. The highest BCUT2D eigenvalue weighted by Gasteiger charge is 2.28. The number of likely N-dealkylation sites (tertiary alicyclic amines) is 1. The summed E-state index contributed by atoms with van der Waals surface area (Å²) in [6.45, 7) is 4.41. The van der Waals surface area contributed by atoms with Gasteiger partial charge in [-0.15, -0.1) is 0 Å². The van der Waals surface area contributed by atoms with Crippen LogP contribution in [0, 0.1) is 6.92 Å². The molecule has 4 heterocycles. The zero-order valence-electron chi connectivity index (χ0n) is 17.8. The van der Waals surface area contributed by atoms with Gasteiger partial charge in [-0.05, 0) is 43.0 Å². The minimum absolute atomic E-state index is 0.219. The molecule has 0 saturated carbocycles. The van der Waals surface area contributed by atoms with E-state index in [1.165, 1.54) is 33.3 Å². The third-order valence-corrected chi connectivity index (χ3v) is 6.37. The number of benzene rings is 1. The molecule has 1 aromatic carbocycles. The van der Waals surface area contributed by atoms with E-state index >= 15 is 0 Å². The average Bonchev–Trinajstić information content (AvgIpc) is 3.47. The number of H-pyrrole nitrogens is 1. The van der Waals surface area contributed by atoms with Crippen LogP contribution in [0.3, 0.4) is 0 Å². The summed E-state index contributed by atoms with van der Waals surface area (Å²) >= 11 is 0. The van der Waals surface area contributed by atoms with E-state index in [-0.39, 0.29) is 5.91 Å². The first-order valence-corrected chi connectivity index (χ1v) is 11.0. The Labute approximate surface area is 181 Å². The molecule has 1 saturated heterocycles. The number of nitrogens with zero attached hydrogens (tertiary/aromatic N) is 4. The summed E-state index contributed by atoms with van der Waals surface area (Å²) < 4.78 is 1.96. The van der Waals surface area contributed by atoms with Crippen LogP contribution in [0.25, 0.3) is 22.0 Å². The predicted octanol–water partition coefficient (Wildman–Crippen LogP) is 4.53. The number of fused-ring (bicyclic) bond motifs is 1. The van der Waals surface area contributed by atoms with E-state index in [0.29, 0.717) is 18.9 Å². The van der Waals surface area contributed by atoms with Crippen molar-refractivity contribution >= 4 is 16.8 Å². The van der Waals surface area contributed by atoms with Crippen molar-refractivity contribution in [2.45, 2.75) is 38.6 Å². The van der Waals surface area contributed by atoms with Crippen LogP contribution < -0.4 is 0 Å². The lowest BCUT2D eigenvalue weighted by atomic mass is 9.89. The second kappa shape index (κ2) is 8.38. The summed E-state index contributed by atoms with van der Waals surface area (Å²) in [7, 11) is 0. The number of nitrogens with one attached hydrogen (secondary N) is 1. The number of para-hydroxylation sites is 1. The summed E-state index contributed by atoms with van der Waals surface area (Å²) in [5.74, 6) is 0.511. The third kappa shape index (κ3) is 3.85. The van der Waals surface area contributed by atoms with Crippen molar-refractivity contribution < 1.29 is 4.79 Å². The molecule has 6 nitrogen and oxygen atoms in total. The summed E-state index contributed by atoms with van der Waals surface area (Å²) in [4.78, 5) is 27.0. The van der Waals surface area contributed by atoms with Crippen LogP contribution in [0.4, 0.5) is 0 Å². The Kier molecular flexibility index (Phi) is 5.28. The highest BCUT2D eigenvalue weighted by Crippen LogP contribution is 2.40. The van der Waals surface area contributed by atoms with E-state index in [2.05, 4.69) is 52.2 Å². The third-order valence-electron chi connectivity index (χ3n) is 6.37. The van der Waals surface area contributed by atoms with E-state index in [1.807, 2.05) is 28.1 Å². The van der Waals surface area contributed by atoms with E-state index in [4.69, 9.17) is 0 Å². The van der Waals surface area contributed by atoms with Gasteiger partial charge >= 0.3 is 0 Å². The number of piperidine rings is 1. The maximum Gasteiger partial charge on any atom is 0.224 e. The number of imidazole rings is 1. The highest BCUT2D eigenvalue weighted by atomic mass is 16.2. The van der Waals surface area contributed by atoms with Crippen molar-refractivity contribution in [3.8, 4) is 11.1 Å². The fourth-order valence-electron chi connectivity index (χ4n) is 4.76. The number of aromatic nitrogens is 4. The molecule has 1 N–H and O–H groups in total. The van der Waals surface area contributed by atoms with Crippen LogP contribution in [-0.2, 0) is 11.3 Å². The van der Waals surface area contributed by atoms with Crippen LogP contribution in [0.5, 0.6) is 0 Å². The molecular formula is C25H27N5O. The Morgan fingerprint density at radius 2 is 2.03 bits per heavy atom. The van der Waals surface area contributed by atoms with Crippen LogP contribution in [0.15, 0.2) is 61.4 Å². The number of aromatic amines is 1. The first-order valence-electron chi connectivity index (χ1n) is 11.0. The standard InChI is InChI=1S/C25H27N5O/c1-18-4-2-6-21-23(19-7-10-26-11-8-19)25(28-24(18)21)20-5-3-13-30(16-20)22(31)9-14-29-15-12-27-17-29/h2,4,6-8,10-12,15,17,20,28H,3,5,9,13-14,16H2,1H3. The topological polar surface area (TPSA) is 66.8 Å². The zero-order chi connectivity index (χ0) is 21.2. The van der Waals surface area contributed by atoms with E-state index in [1.54, 1.807) is 12.5 Å². The Hall–Kier alpha value is -3.41. The van der Waals surface area contributed by atoms with Gasteiger partial charge in [-0.1, -0.05) is 18.2 Å². The molecule has 0 spiro atoms. The minimum atomic E-state index is 0.219. The van der Waals surface area contributed by atoms with Crippen LogP contribution in [0.2, 0.25) is 0 Å². The number of hydrogen-bond acceptors (Lipinski definition) is 3. The Balaban J connectivity index is 1.44. The number of carbonyl (C=O) groups is 1. The molecule has 3 aromatic heterocycles. The second-order valence-corrected chi connectivity index (χ2v) is 8.38. The number of aryl methyl sites for hydroxylation is 2. The SMILES string of the molecule is Cc1cccc2c(-c3ccncc3)c(C3CCCN(C(=O)CCn4ccnc4)C3)[nH]c12. The Bertz CT molecular complexity index is 1180. The number of rotatable bonds is 5. The summed E-state index contributed by atoms with van der Waals surface area (Å²) in [6.07, 6.45) is 11.7. The van der Waals surface area contributed by atoms with Crippen molar-refractivity contribution in [1.82, 2.24) is 24.4 Å². The lowest BCUT2D eigenvalue weighted by Crippen LogP contribution is -2.39. The predicted molar refractivity (Wildman–Crippen MR) is 122 cm³/mol. The van der Waals surface area contributed by atoms with Gasteiger partial charge in [-0.3, -0.25) is 9.78 Å². The molecule has 158 valence electrons. The molecule has 6 heteroatoms. The van der Waals surface area contributed by atoms with Gasteiger partial charge in [-0.2, -0.15) is 0 Å². The highest BCUT2D eigenvalue weighted by molar-refractivity contribution is 5.99. The first kappa shape index (κ1) is 19.5. The average molecular weight is 414 g/mol. The van der Waals surface area contributed by atoms with Gasteiger partial charge in [0, 0.05) is 78.9 Å². The number of hydrogen-bond donors (Lipinski definition) is 1. The lowest BCUT2D eigenvalue weighted by Gasteiger charge is -2.33. The molecule has 5 rings (SSSR count). The smallest absolute Gasteiger partial charge is 0.224 e. The summed E-state index contributed by atoms with van der Waals surface area (Å²) in [5.41, 5.74) is 6.09. The molecule has 31 heavy (non-hydrogen) atoms. The molecule has 0 bridgehead atoms. The fraction of sp³-hybridized carbons (Fsp3) is 0.320. The van der Waals surface area contributed by atoms with Crippen molar-refractivity contribution in [2.75, 3.05) is 13.1 Å². The summed E-state index contributed by atoms with van der Waals surface area (Å²) in [5, 5.41) is 1.24. The first-order chi connectivity index (χ1) is 15.2. The van der Waals surface area contributed by atoms with Crippen LogP contribution >= 0.6 is 0 Å². The lowest BCUT2D eigenvalue weighted by molar-refractivity contribution is -0.132. The minimum Gasteiger partial charge on any atom is -0.357 e. The van der Waals surface area contributed by atoms with Crippen molar-refractivity contribution in [3.05, 3.63) is 72.7 Å². The van der Waals surface area contributed by atoms with Gasteiger partial charge in [0.15, 0.2) is 0 Å². The molecule has 1 atom stereocenters. The van der Waals surface area contributed by atoms with Gasteiger partial charge < -0.3 is 14.5 Å². The quantitative estimate of drug-likeness (QED) is 0.523. The molecular weight excluding hydrogens is 386 g/mol. The molecule has 1 aliphatic rings. The molecule has 0 aliphatic carbocycles. The fourth-order valence-corrected chi connectivity index (χ4v) is 4.76. The van der Waals surface area contributed by atoms with Gasteiger partial charge in [0.1, 0.15) is 0 Å². The number of carbonyl (C=O) groups excluding carboxylic acids is 1. The number of pyridine rings is 1. The summed E-state index contributed by atoms with van der Waals surface area (Å²) in [6, 6.07) is 10.6. The largest absolute Gasteiger partial charge is 0.357 e. The van der Waals surface area contributed by atoms with E-state index in [0.717, 1.165) is 25.9 Å². The Morgan fingerprint density at radius 1 is 1.16 bits per heavy atom. The second-order valence-electron chi connectivity index (χ2n) is 8.38. The molecule has 1 fully saturated rings. The van der Waals surface area contributed by atoms with Crippen LogP contribution in [0.1, 0.15) is 36.4 Å². The maximum absolute atomic E-state index is 12.9. The molecule has 4 aromatic rings.